The van der Waals surface area contributed by atoms with Crippen molar-refractivity contribution in [2.75, 3.05) is 32.8 Å². The average Bonchev–Trinajstić information content (AvgIpc) is 3.34. The van der Waals surface area contributed by atoms with Crippen LogP contribution in [0.15, 0.2) is 5.38 Å². The van der Waals surface area contributed by atoms with Gasteiger partial charge in [-0.15, -0.1) is 11.3 Å². The first-order valence-electron chi connectivity index (χ1n) is 10.8. The van der Waals surface area contributed by atoms with Gasteiger partial charge in [-0.1, -0.05) is 6.92 Å². The summed E-state index contributed by atoms with van der Waals surface area (Å²) >= 11 is 1.68. The van der Waals surface area contributed by atoms with Gasteiger partial charge in [0.25, 0.3) is 5.91 Å². The van der Waals surface area contributed by atoms with Gasteiger partial charge < -0.3 is 14.5 Å². The molecule has 0 radical (unpaired) electrons. The Bertz CT molecular complexity index is 730. The molecule has 0 aliphatic carbocycles. The second-order valence-electron chi connectivity index (χ2n) is 8.74. The third-order valence-electron chi connectivity index (χ3n) is 7.00. The van der Waals surface area contributed by atoms with Crippen molar-refractivity contribution >= 4 is 23.2 Å². The highest BCUT2D eigenvalue weighted by molar-refractivity contribution is 7.10. The molecular formula is C22H32N2O3S. The van der Waals surface area contributed by atoms with Gasteiger partial charge in [0.05, 0.1) is 11.7 Å². The van der Waals surface area contributed by atoms with Gasteiger partial charge in [0, 0.05) is 49.5 Å². The molecule has 28 heavy (non-hydrogen) atoms. The van der Waals surface area contributed by atoms with Crippen LogP contribution in [0.1, 0.15) is 66.2 Å². The maximum atomic E-state index is 13.1. The van der Waals surface area contributed by atoms with Crippen LogP contribution in [-0.4, -0.2) is 60.5 Å². The first-order chi connectivity index (χ1) is 13.5. The highest BCUT2D eigenvalue weighted by atomic mass is 32.1. The maximum Gasteiger partial charge on any atom is 0.254 e. The number of carbonyl (C=O) groups excluding carboxylic acids is 2. The molecule has 4 rings (SSSR count). The van der Waals surface area contributed by atoms with E-state index in [0.29, 0.717) is 6.42 Å². The van der Waals surface area contributed by atoms with Gasteiger partial charge in [-0.05, 0) is 56.4 Å². The van der Waals surface area contributed by atoms with E-state index in [1.807, 2.05) is 15.2 Å². The monoisotopic (exact) mass is 404 g/mol. The molecule has 1 atom stereocenters. The summed E-state index contributed by atoms with van der Waals surface area (Å²) < 4.78 is 5.76. The summed E-state index contributed by atoms with van der Waals surface area (Å²) in [5, 5.41) is 2.03. The Morgan fingerprint density at radius 2 is 2.11 bits per heavy atom. The minimum Gasteiger partial charge on any atom is -0.376 e. The Morgan fingerprint density at radius 3 is 2.79 bits per heavy atom. The number of rotatable bonds is 4. The molecule has 1 spiro atoms. The highest BCUT2D eigenvalue weighted by Gasteiger charge is 2.42. The average molecular weight is 405 g/mol. The van der Waals surface area contributed by atoms with Crippen LogP contribution in [0.2, 0.25) is 0 Å². The lowest BCUT2D eigenvalue weighted by atomic mass is 9.72. The molecule has 1 aromatic rings. The summed E-state index contributed by atoms with van der Waals surface area (Å²) in [6.45, 7) is 8.25. The van der Waals surface area contributed by atoms with E-state index in [1.165, 1.54) is 10.4 Å². The molecular weight excluding hydrogens is 372 g/mol. The van der Waals surface area contributed by atoms with E-state index in [9.17, 15) is 9.59 Å². The number of ether oxygens (including phenoxy) is 1. The molecule has 6 heteroatoms. The van der Waals surface area contributed by atoms with Crippen LogP contribution in [0, 0.1) is 12.3 Å². The highest BCUT2D eigenvalue weighted by Crippen LogP contribution is 2.41. The number of amides is 2. The predicted molar refractivity (Wildman–Crippen MR) is 111 cm³/mol. The minimum absolute atomic E-state index is 0.182. The molecule has 0 saturated carbocycles. The molecule has 0 bridgehead atoms. The van der Waals surface area contributed by atoms with E-state index >= 15 is 0 Å². The maximum absolute atomic E-state index is 13.1. The van der Waals surface area contributed by atoms with Crippen LogP contribution in [0.5, 0.6) is 0 Å². The first kappa shape index (κ1) is 19.9. The number of piperidine rings is 2. The van der Waals surface area contributed by atoms with Gasteiger partial charge in [-0.2, -0.15) is 0 Å². The summed E-state index contributed by atoms with van der Waals surface area (Å²) in [4.78, 5) is 30.9. The standard InChI is InChI=1S/C22H32N2O3S/c1-3-18-16(2)28-14-19(18)21(26)23-10-8-22(9-11-23)7-6-20(25)24(15-22)13-17-5-4-12-27-17/h14,17H,3-13,15H2,1-2H3/t17-/m1/s1. The van der Waals surface area contributed by atoms with E-state index in [0.717, 1.165) is 76.9 Å². The van der Waals surface area contributed by atoms with E-state index in [2.05, 4.69) is 13.8 Å². The molecule has 3 aliphatic rings. The van der Waals surface area contributed by atoms with E-state index in [-0.39, 0.29) is 23.3 Å². The van der Waals surface area contributed by atoms with Crippen molar-refractivity contribution < 1.29 is 14.3 Å². The van der Waals surface area contributed by atoms with E-state index in [1.54, 1.807) is 11.3 Å². The smallest absolute Gasteiger partial charge is 0.254 e. The lowest BCUT2D eigenvalue weighted by Crippen LogP contribution is -2.53. The van der Waals surface area contributed by atoms with Crippen LogP contribution < -0.4 is 0 Å². The van der Waals surface area contributed by atoms with E-state index < -0.39 is 0 Å². The third kappa shape index (κ3) is 3.86. The number of hydrogen-bond donors (Lipinski definition) is 0. The molecule has 1 aromatic heterocycles. The van der Waals surface area contributed by atoms with Crippen molar-refractivity contribution in [1.82, 2.24) is 9.80 Å². The van der Waals surface area contributed by atoms with Gasteiger partial charge in [0.15, 0.2) is 0 Å². The van der Waals surface area contributed by atoms with Crippen molar-refractivity contribution in [1.29, 1.82) is 0 Å². The van der Waals surface area contributed by atoms with Crippen molar-refractivity contribution in [2.24, 2.45) is 5.41 Å². The Balaban J connectivity index is 1.38. The van der Waals surface area contributed by atoms with Gasteiger partial charge in [-0.3, -0.25) is 9.59 Å². The fourth-order valence-electron chi connectivity index (χ4n) is 5.16. The second kappa shape index (κ2) is 8.15. The van der Waals surface area contributed by atoms with Gasteiger partial charge in [-0.25, -0.2) is 0 Å². The molecule has 2 amide bonds. The van der Waals surface area contributed by atoms with Crippen LogP contribution in [0.3, 0.4) is 0 Å². The molecule has 4 heterocycles. The SMILES string of the molecule is CCc1c(C(=O)N2CCC3(CCC(=O)N(C[C@H]4CCCO4)C3)CC2)csc1C. The Kier molecular flexibility index (Phi) is 5.79. The van der Waals surface area contributed by atoms with Crippen molar-refractivity contribution in [2.45, 2.75) is 64.9 Å². The molecule has 5 nitrogen and oxygen atoms in total. The summed E-state index contributed by atoms with van der Waals surface area (Å²) in [5.41, 5.74) is 2.29. The molecule has 0 aromatic carbocycles. The molecule has 3 saturated heterocycles. The zero-order chi connectivity index (χ0) is 19.7. The number of aryl methyl sites for hydroxylation is 1. The number of carbonyl (C=O) groups is 2. The fraction of sp³-hybridized carbons (Fsp3) is 0.727. The largest absolute Gasteiger partial charge is 0.376 e. The zero-order valence-electron chi connectivity index (χ0n) is 17.2. The number of likely N-dealkylation sites (tertiary alicyclic amines) is 2. The van der Waals surface area contributed by atoms with Crippen LogP contribution in [0.25, 0.3) is 0 Å². The van der Waals surface area contributed by atoms with E-state index in [4.69, 9.17) is 4.74 Å². The van der Waals surface area contributed by atoms with Gasteiger partial charge in [0.2, 0.25) is 5.91 Å². The predicted octanol–water partition coefficient (Wildman–Crippen LogP) is 3.64. The van der Waals surface area contributed by atoms with Gasteiger partial charge in [0.1, 0.15) is 0 Å². The quantitative estimate of drug-likeness (QED) is 0.770. The number of nitrogens with zero attached hydrogens (tertiary/aromatic N) is 2. The van der Waals surface area contributed by atoms with Crippen LogP contribution in [0.4, 0.5) is 0 Å². The Morgan fingerprint density at radius 1 is 1.32 bits per heavy atom. The summed E-state index contributed by atoms with van der Waals surface area (Å²) in [5.74, 6) is 0.472. The zero-order valence-corrected chi connectivity index (χ0v) is 18.0. The Hall–Kier alpha value is -1.40. The summed E-state index contributed by atoms with van der Waals surface area (Å²) in [6.07, 6.45) is 6.91. The molecule has 0 unspecified atom stereocenters. The Labute approximate surface area is 172 Å². The van der Waals surface area contributed by atoms with Crippen molar-refractivity contribution in [3.63, 3.8) is 0 Å². The third-order valence-corrected chi connectivity index (χ3v) is 7.95. The normalized spacial score (nSPS) is 24.9. The first-order valence-corrected chi connectivity index (χ1v) is 11.6. The molecule has 3 fully saturated rings. The minimum atomic E-state index is 0.182. The summed E-state index contributed by atoms with van der Waals surface area (Å²) in [7, 11) is 0. The second-order valence-corrected chi connectivity index (χ2v) is 9.82. The number of thiophene rings is 1. The lowest BCUT2D eigenvalue weighted by molar-refractivity contribution is -0.141. The van der Waals surface area contributed by atoms with Gasteiger partial charge >= 0.3 is 0 Å². The van der Waals surface area contributed by atoms with Crippen LogP contribution in [-0.2, 0) is 16.0 Å². The topological polar surface area (TPSA) is 49.9 Å². The summed E-state index contributed by atoms with van der Waals surface area (Å²) in [6, 6.07) is 0. The lowest BCUT2D eigenvalue weighted by Gasteiger charge is -2.47. The van der Waals surface area contributed by atoms with Crippen LogP contribution >= 0.6 is 11.3 Å². The molecule has 0 N–H and O–H groups in total. The van der Waals surface area contributed by atoms with Crippen molar-refractivity contribution in [3.8, 4) is 0 Å². The number of hydrogen-bond acceptors (Lipinski definition) is 4. The fourth-order valence-corrected chi connectivity index (χ4v) is 6.10. The molecule has 3 aliphatic heterocycles. The van der Waals surface area contributed by atoms with Crippen molar-refractivity contribution in [3.05, 3.63) is 21.4 Å². The molecule has 154 valence electrons.